The van der Waals surface area contributed by atoms with E-state index in [0.717, 1.165) is 41.9 Å². The summed E-state index contributed by atoms with van der Waals surface area (Å²) in [4.78, 5) is 14.0. The standard InChI is InChI=1S/C21H25NO3S/c23-19(20-10-14-7-15(11-20)9-16(8-14)12-20)22-13-21(24,17-3-1-5-25-17)18-4-2-6-26-18/h1-6,14-16,24H,7-13H2,(H,22,23). The molecule has 0 aliphatic heterocycles. The molecule has 4 saturated carbocycles. The number of rotatable bonds is 5. The van der Waals surface area contributed by atoms with Crippen LogP contribution in [0.25, 0.3) is 0 Å². The lowest BCUT2D eigenvalue weighted by Crippen LogP contribution is -2.55. The van der Waals surface area contributed by atoms with Crippen molar-refractivity contribution in [3.05, 3.63) is 46.5 Å². The van der Waals surface area contributed by atoms with E-state index in [1.165, 1.54) is 30.6 Å². The predicted octanol–water partition coefficient (Wildman–Crippen LogP) is 3.91. The van der Waals surface area contributed by atoms with Crippen molar-refractivity contribution in [1.82, 2.24) is 5.32 Å². The summed E-state index contributed by atoms with van der Waals surface area (Å²) in [6.45, 7) is 0.154. The lowest BCUT2D eigenvalue weighted by Gasteiger charge is -2.55. The number of furan rings is 1. The maximum absolute atomic E-state index is 13.2. The van der Waals surface area contributed by atoms with Gasteiger partial charge in [-0.2, -0.15) is 0 Å². The second kappa shape index (κ2) is 5.96. The van der Waals surface area contributed by atoms with Gasteiger partial charge in [0.1, 0.15) is 5.76 Å². The zero-order valence-electron chi connectivity index (χ0n) is 14.8. The highest BCUT2D eigenvalue weighted by Gasteiger charge is 2.54. The summed E-state index contributed by atoms with van der Waals surface area (Å²) in [5, 5.41) is 16.4. The van der Waals surface area contributed by atoms with Gasteiger partial charge in [-0.15, -0.1) is 11.3 Å². The monoisotopic (exact) mass is 371 g/mol. The molecular formula is C21H25NO3S. The van der Waals surface area contributed by atoms with E-state index in [1.54, 1.807) is 18.4 Å². The van der Waals surface area contributed by atoms with E-state index in [1.807, 2.05) is 17.5 Å². The Balaban J connectivity index is 1.37. The number of nitrogens with one attached hydrogen (secondary N) is 1. The van der Waals surface area contributed by atoms with Crippen LogP contribution < -0.4 is 5.32 Å². The zero-order valence-corrected chi connectivity index (χ0v) is 15.6. The van der Waals surface area contributed by atoms with Crippen LogP contribution in [0.1, 0.15) is 49.2 Å². The molecule has 1 unspecified atom stereocenters. The van der Waals surface area contributed by atoms with Crippen molar-refractivity contribution in [3.63, 3.8) is 0 Å². The predicted molar refractivity (Wildman–Crippen MR) is 99.6 cm³/mol. The number of hydrogen-bond acceptors (Lipinski definition) is 4. The molecule has 5 heteroatoms. The Morgan fingerprint density at radius 3 is 2.42 bits per heavy atom. The molecule has 1 amide bonds. The molecule has 0 saturated heterocycles. The van der Waals surface area contributed by atoms with Crippen LogP contribution in [0.3, 0.4) is 0 Å². The molecule has 1 atom stereocenters. The van der Waals surface area contributed by atoms with Crippen molar-refractivity contribution in [3.8, 4) is 0 Å². The molecule has 2 aromatic heterocycles. The number of hydrogen-bond donors (Lipinski definition) is 2. The van der Waals surface area contributed by atoms with Crippen molar-refractivity contribution in [2.24, 2.45) is 23.2 Å². The minimum atomic E-state index is -1.31. The van der Waals surface area contributed by atoms with Gasteiger partial charge in [0.05, 0.1) is 12.8 Å². The lowest BCUT2D eigenvalue weighted by molar-refractivity contribution is -0.147. The summed E-state index contributed by atoms with van der Waals surface area (Å²) >= 11 is 1.48. The van der Waals surface area contributed by atoms with E-state index >= 15 is 0 Å². The van der Waals surface area contributed by atoms with E-state index in [4.69, 9.17) is 4.42 Å². The third-order valence-corrected chi connectivity index (χ3v) is 7.90. The van der Waals surface area contributed by atoms with Gasteiger partial charge in [-0.05, 0) is 79.9 Å². The van der Waals surface area contributed by atoms with Crippen molar-refractivity contribution in [2.75, 3.05) is 6.54 Å². The summed E-state index contributed by atoms with van der Waals surface area (Å²) in [5.74, 6) is 2.80. The molecule has 2 heterocycles. The molecule has 0 aromatic carbocycles. The van der Waals surface area contributed by atoms with Gasteiger partial charge in [-0.1, -0.05) is 6.07 Å². The zero-order chi connectivity index (χ0) is 17.8. The topological polar surface area (TPSA) is 62.5 Å². The van der Waals surface area contributed by atoms with Crippen molar-refractivity contribution >= 4 is 17.2 Å². The van der Waals surface area contributed by atoms with E-state index in [0.29, 0.717) is 5.76 Å². The average molecular weight is 372 g/mol. The van der Waals surface area contributed by atoms with E-state index < -0.39 is 5.60 Å². The first kappa shape index (κ1) is 16.6. The van der Waals surface area contributed by atoms with Crippen LogP contribution in [-0.2, 0) is 10.4 Å². The maximum atomic E-state index is 13.2. The molecule has 4 nitrogen and oxygen atoms in total. The normalized spacial score (nSPS) is 34.6. The average Bonchev–Trinajstić information content (AvgIpc) is 3.31. The van der Waals surface area contributed by atoms with Crippen LogP contribution in [-0.4, -0.2) is 17.6 Å². The molecular weight excluding hydrogens is 346 g/mol. The van der Waals surface area contributed by atoms with Gasteiger partial charge in [0.2, 0.25) is 5.91 Å². The van der Waals surface area contributed by atoms with Gasteiger partial charge in [0, 0.05) is 10.3 Å². The Morgan fingerprint density at radius 2 is 1.88 bits per heavy atom. The second-order valence-corrected chi connectivity index (χ2v) is 9.64. The lowest BCUT2D eigenvalue weighted by atomic mass is 9.49. The van der Waals surface area contributed by atoms with E-state index in [-0.39, 0.29) is 17.9 Å². The highest BCUT2D eigenvalue weighted by atomic mass is 32.1. The van der Waals surface area contributed by atoms with Gasteiger partial charge in [0.15, 0.2) is 5.60 Å². The van der Waals surface area contributed by atoms with Crippen LogP contribution >= 0.6 is 11.3 Å². The third kappa shape index (κ3) is 2.55. The smallest absolute Gasteiger partial charge is 0.226 e. The molecule has 4 aliphatic rings. The maximum Gasteiger partial charge on any atom is 0.226 e. The number of thiophene rings is 1. The first-order valence-corrected chi connectivity index (χ1v) is 10.5. The fraction of sp³-hybridized carbons (Fsp3) is 0.571. The number of carbonyl (C=O) groups excluding carboxylic acids is 1. The SMILES string of the molecule is O=C(NCC(O)(c1ccco1)c1cccs1)C12CC3CC(CC(C3)C1)C2. The Bertz CT molecular complexity index is 711. The molecule has 2 aromatic rings. The van der Waals surface area contributed by atoms with Gasteiger partial charge in [0.25, 0.3) is 0 Å². The minimum Gasteiger partial charge on any atom is -0.466 e. The first-order valence-electron chi connectivity index (χ1n) is 9.66. The molecule has 26 heavy (non-hydrogen) atoms. The molecule has 138 valence electrons. The molecule has 2 N–H and O–H groups in total. The van der Waals surface area contributed by atoms with Crippen LogP contribution in [0.4, 0.5) is 0 Å². The fourth-order valence-electron chi connectivity index (χ4n) is 6.11. The van der Waals surface area contributed by atoms with Crippen LogP contribution in [0.5, 0.6) is 0 Å². The fourth-order valence-corrected chi connectivity index (χ4v) is 6.94. The molecule has 6 rings (SSSR count). The molecule has 0 spiro atoms. The molecule has 4 fully saturated rings. The Morgan fingerprint density at radius 1 is 1.19 bits per heavy atom. The Hall–Kier alpha value is -1.59. The first-order chi connectivity index (χ1) is 12.6. The number of carbonyl (C=O) groups is 1. The quantitative estimate of drug-likeness (QED) is 0.838. The number of aliphatic hydroxyl groups is 1. The van der Waals surface area contributed by atoms with Crippen LogP contribution in [0.2, 0.25) is 0 Å². The molecule has 4 aliphatic carbocycles. The van der Waals surface area contributed by atoms with E-state index in [2.05, 4.69) is 5.32 Å². The summed E-state index contributed by atoms with van der Waals surface area (Å²) in [6.07, 6.45) is 8.61. The summed E-state index contributed by atoms with van der Waals surface area (Å²) < 4.78 is 5.51. The van der Waals surface area contributed by atoms with Gasteiger partial charge in [-0.25, -0.2) is 0 Å². The minimum absolute atomic E-state index is 0.137. The Kier molecular flexibility index (Phi) is 3.80. The summed E-state index contributed by atoms with van der Waals surface area (Å²) in [5.41, 5.74) is -1.51. The van der Waals surface area contributed by atoms with Crippen LogP contribution in [0, 0.1) is 23.2 Å². The Labute approximate surface area is 157 Å². The number of amides is 1. The van der Waals surface area contributed by atoms with E-state index in [9.17, 15) is 9.90 Å². The third-order valence-electron chi connectivity index (χ3n) is 6.88. The van der Waals surface area contributed by atoms with Crippen molar-refractivity contribution < 1.29 is 14.3 Å². The molecule has 4 bridgehead atoms. The van der Waals surface area contributed by atoms with Crippen LogP contribution in [0.15, 0.2) is 40.3 Å². The van der Waals surface area contributed by atoms with Crippen molar-refractivity contribution in [2.45, 2.75) is 44.1 Å². The van der Waals surface area contributed by atoms with Gasteiger partial charge < -0.3 is 14.8 Å². The summed E-state index contributed by atoms with van der Waals surface area (Å²) in [6, 6.07) is 7.35. The highest BCUT2D eigenvalue weighted by molar-refractivity contribution is 7.10. The highest BCUT2D eigenvalue weighted by Crippen LogP contribution is 2.60. The van der Waals surface area contributed by atoms with Gasteiger partial charge in [-0.3, -0.25) is 4.79 Å². The summed E-state index contributed by atoms with van der Waals surface area (Å²) in [7, 11) is 0. The largest absolute Gasteiger partial charge is 0.466 e. The van der Waals surface area contributed by atoms with Gasteiger partial charge >= 0.3 is 0 Å². The molecule has 0 radical (unpaired) electrons. The van der Waals surface area contributed by atoms with Crippen molar-refractivity contribution in [1.29, 1.82) is 0 Å². The second-order valence-electron chi connectivity index (χ2n) is 8.70.